The third-order valence-electron chi connectivity index (χ3n) is 16.0. The van der Waals surface area contributed by atoms with Gasteiger partial charge in [0.2, 0.25) is 11.8 Å². The van der Waals surface area contributed by atoms with Crippen molar-refractivity contribution in [3.8, 4) is 0 Å². The Balaban J connectivity index is 1.67. The van der Waals surface area contributed by atoms with Crippen LogP contribution in [0.2, 0.25) is 0 Å². The van der Waals surface area contributed by atoms with Crippen LogP contribution in [0.4, 0.5) is 0 Å². The van der Waals surface area contributed by atoms with Crippen LogP contribution in [0.3, 0.4) is 0 Å². The number of amides is 2. The van der Waals surface area contributed by atoms with Gasteiger partial charge in [-0.15, -0.1) is 0 Å². The van der Waals surface area contributed by atoms with Gasteiger partial charge in [0.15, 0.2) is 12.6 Å². The topological polar surface area (TPSA) is 373 Å². The summed E-state index contributed by atoms with van der Waals surface area (Å²) >= 11 is 0. The fourth-order valence-corrected chi connectivity index (χ4v) is 10.9. The number of aliphatic carboxylic acids is 1. The molecular formula is C59H108N2O21. The number of hydrogen-bond acceptors (Lipinski definition) is 20. The summed E-state index contributed by atoms with van der Waals surface area (Å²) in [5.41, 5.74) is 0. The molecule has 3 rings (SSSR count). The molecule has 0 aromatic carbocycles. The summed E-state index contributed by atoms with van der Waals surface area (Å²) < 4.78 is 34.7. The summed E-state index contributed by atoms with van der Waals surface area (Å²) in [6.45, 7) is 2.10. The Bertz CT molecular complexity index is 1740. The molecule has 0 aromatic heterocycles. The number of allylic oxidation sites excluding steroid dienone is 1. The lowest BCUT2D eigenvalue weighted by atomic mass is 9.88. The number of unbranched alkanes of at least 4 members (excludes halogenated alkanes) is 25. The van der Waals surface area contributed by atoms with Crippen LogP contribution >= 0.6 is 0 Å². The fourth-order valence-electron chi connectivity index (χ4n) is 10.9. The van der Waals surface area contributed by atoms with Gasteiger partial charge in [-0.1, -0.05) is 180 Å². The maximum absolute atomic E-state index is 13.4. The van der Waals surface area contributed by atoms with Gasteiger partial charge in [-0.2, -0.15) is 0 Å². The number of carbonyl (C=O) groups is 3. The van der Waals surface area contributed by atoms with E-state index in [1.165, 1.54) is 116 Å². The highest BCUT2D eigenvalue weighted by atomic mass is 16.8. The van der Waals surface area contributed by atoms with Gasteiger partial charge >= 0.3 is 5.97 Å². The number of carboxylic acid groups (broad SMARTS) is 1. The monoisotopic (exact) mass is 1180 g/mol. The second kappa shape index (κ2) is 41.5. The number of carbonyl (C=O) groups excluding carboxylic acids is 2. The zero-order valence-electron chi connectivity index (χ0n) is 49.3. The zero-order valence-corrected chi connectivity index (χ0v) is 49.3. The molecule has 82 heavy (non-hydrogen) atoms. The molecule has 0 saturated carbocycles. The Kier molecular flexibility index (Phi) is 37.4. The van der Waals surface area contributed by atoms with Crippen molar-refractivity contribution in [1.29, 1.82) is 0 Å². The van der Waals surface area contributed by atoms with Gasteiger partial charge in [-0.25, -0.2) is 4.79 Å². The van der Waals surface area contributed by atoms with Gasteiger partial charge < -0.3 is 100 Å². The molecule has 3 fully saturated rings. The van der Waals surface area contributed by atoms with E-state index < -0.39 is 155 Å². The number of ether oxygens (including phenoxy) is 6. The Hall–Kier alpha value is -2.53. The quantitative estimate of drug-likeness (QED) is 0.0307. The van der Waals surface area contributed by atoms with E-state index in [1.807, 2.05) is 6.08 Å². The first-order valence-corrected chi connectivity index (χ1v) is 31.1. The number of aliphatic hydroxyl groups is 11. The van der Waals surface area contributed by atoms with Gasteiger partial charge in [0.25, 0.3) is 5.79 Å². The van der Waals surface area contributed by atoms with Crippen LogP contribution in [-0.2, 0) is 42.8 Å². The van der Waals surface area contributed by atoms with Gasteiger partial charge in [-0.3, -0.25) is 9.59 Å². The summed E-state index contributed by atoms with van der Waals surface area (Å²) in [6.07, 6.45) is 5.61. The van der Waals surface area contributed by atoms with E-state index in [9.17, 15) is 75.7 Å². The summed E-state index contributed by atoms with van der Waals surface area (Å²) in [5, 5.41) is 135. The Labute approximate surface area is 486 Å². The molecule has 3 saturated heterocycles. The second-order valence-corrected chi connectivity index (χ2v) is 22.9. The third-order valence-corrected chi connectivity index (χ3v) is 16.0. The third kappa shape index (κ3) is 25.4. The average molecular weight is 1180 g/mol. The van der Waals surface area contributed by atoms with E-state index in [-0.39, 0.29) is 12.3 Å². The maximum atomic E-state index is 13.4. The van der Waals surface area contributed by atoms with Crippen LogP contribution in [0.25, 0.3) is 0 Å². The van der Waals surface area contributed by atoms with E-state index in [0.717, 1.165) is 51.9 Å². The molecule has 0 aromatic rings. The largest absolute Gasteiger partial charge is 0.477 e. The molecule has 23 heteroatoms. The Morgan fingerprint density at radius 3 is 1.62 bits per heavy atom. The molecule has 23 nitrogen and oxygen atoms in total. The van der Waals surface area contributed by atoms with Gasteiger partial charge in [-0.05, 0) is 19.3 Å². The zero-order chi connectivity index (χ0) is 60.5. The van der Waals surface area contributed by atoms with Crippen LogP contribution in [0, 0.1) is 0 Å². The highest BCUT2D eigenvalue weighted by molar-refractivity contribution is 5.77. The van der Waals surface area contributed by atoms with Crippen molar-refractivity contribution in [1.82, 2.24) is 10.6 Å². The molecule has 0 bridgehead atoms. The van der Waals surface area contributed by atoms with Crippen molar-refractivity contribution in [3.05, 3.63) is 12.2 Å². The first-order chi connectivity index (χ1) is 39.4. The van der Waals surface area contributed by atoms with E-state index in [1.54, 1.807) is 6.08 Å². The number of nitrogens with one attached hydrogen (secondary N) is 2. The number of rotatable bonds is 45. The van der Waals surface area contributed by atoms with Gasteiger partial charge in [0, 0.05) is 19.8 Å². The summed E-state index contributed by atoms with van der Waals surface area (Å²) in [4.78, 5) is 38.4. The second-order valence-electron chi connectivity index (χ2n) is 22.9. The first kappa shape index (κ1) is 73.7. The van der Waals surface area contributed by atoms with E-state index >= 15 is 0 Å². The highest BCUT2D eigenvalue weighted by Gasteiger charge is 2.60. The highest BCUT2D eigenvalue weighted by Crippen LogP contribution is 2.38. The van der Waals surface area contributed by atoms with Crippen molar-refractivity contribution in [2.24, 2.45) is 0 Å². The summed E-state index contributed by atoms with van der Waals surface area (Å²) in [5.74, 6) is -6.14. The molecule has 14 N–H and O–H groups in total. The van der Waals surface area contributed by atoms with Crippen LogP contribution < -0.4 is 10.6 Å². The molecule has 3 heterocycles. The lowest BCUT2D eigenvalue weighted by Crippen LogP contribution is -2.70. The fraction of sp³-hybridized carbons (Fsp3) is 0.915. The van der Waals surface area contributed by atoms with Crippen molar-refractivity contribution in [3.63, 3.8) is 0 Å². The molecule has 18 atom stereocenters. The molecule has 2 amide bonds. The smallest absolute Gasteiger partial charge is 0.364 e. The normalized spacial score (nSPS) is 30.2. The van der Waals surface area contributed by atoms with Crippen molar-refractivity contribution in [2.45, 2.75) is 317 Å². The van der Waals surface area contributed by atoms with Crippen molar-refractivity contribution < 1.29 is 104 Å². The van der Waals surface area contributed by atoms with Gasteiger partial charge in [0.1, 0.15) is 67.1 Å². The predicted octanol–water partition coefficient (Wildman–Crippen LogP) is 3.17. The molecular weight excluding hydrogens is 1070 g/mol. The van der Waals surface area contributed by atoms with Crippen LogP contribution in [0.15, 0.2) is 12.2 Å². The van der Waals surface area contributed by atoms with E-state index in [0.29, 0.717) is 12.8 Å². The Morgan fingerprint density at radius 1 is 0.634 bits per heavy atom. The molecule has 6 unspecified atom stereocenters. The average Bonchev–Trinajstić information content (AvgIpc) is 3.65. The minimum absolute atomic E-state index is 0.204. The molecule has 0 spiro atoms. The van der Waals surface area contributed by atoms with Crippen molar-refractivity contribution in [2.75, 3.05) is 26.4 Å². The first-order valence-electron chi connectivity index (χ1n) is 31.1. The van der Waals surface area contributed by atoms with Crippen LogP contribution in [0.5, 0.6) is 0 Å². The van der Waals surface area contributed by atoms with Crippen molar-refractivity contribution >= 4 is 17.8 Å². The molecule has 0 aliphatic carbocycles. The Morgan fingerprint density at radius 2 is 1.13 bits per heavy atom. The van der Waals surface area contributed by atoms with E-state index in [4.69, 9.17) is 28.4 Å². The lowest BCUT2D eigenvalue weighted by Gasteiger charge is -2.50. The molecule has 480 valence electrons. The van der Waals surface area contributed by atoms with E-state index in [2.05, 4.69) is 24.5 Å². The molecule has 3 aliphatic heterocycles. The molecule has 3 aliphatic rings. The summed E-state index contributed by atoms with van der Waals surface area (Å²) in [6, 6.07) is -2.61. The lowest BCUT2D eigenvalue weighted by molar-refractivity contribution is -0.386. The van der Waals surface area contributed by atoms with Gasteiger partial charge in [0.05, 0.1) is 50.7 Å². The SMILES string of the molecule is CCCCCCCCCCCCC/C=C/[C@H](O)[C@@H](CO[C@H]1OC(CO)[C@H](O[C@H]2OC(CO)[C@@H](O)C(O[C@@]3(C(=O)O)C[C@H](O)[C@H](NC(C)=O)[C@@H]([C@@H](O)[C@@H](O)CO)O3)C2O)C(O)C1O)NC(=O)CCCCCCCCCCCCCCCCC. The maximum Gasteiger partial charge on any atom is 0.364 e. The minimum atomic E-state index is -3.08. The number of hydrogen-bond donors (Lipinski definition) is 14. The number of carboxylic acids is 1. The number of aliphatic hydroxyl groups excluding tert-OH is 11. The van der Waals surface area contributed by atoms with Crippen LogP contribution in [0.1, 0.15) is 207 Å². The predicted molar refractivity (Wildman–Crippen MR) is 301 cm³/mol. The summed E-state index contributed by atoms with van der Waals surface area (Å²) in [7, 11) is 0. The van der Waals surface area contributed by atoms with Crippen LogP contribution in [-0.4, -0.2) is 215 Å². The minimum Gasteiger partial charge on any atom is -0.477 e. The molecule has 0 radical (unpaired) electrons. The standard InChI is InChI=1S/C59H108N2O21/c1-4-6-8-10-12-14-16-18-19-21-23-25-27-29-31-33-46(69)61-40(41(66)32-30-28-26-24-22-20-17-15-13-11-9-7-5-2)38-77-56-51(73)50(72)53(45(37-64)79-56)80-57-52(74)55(49(71)44(36-63)78-57)82-59(58(75)76)34-42(67)47(60-39(3)65)54(81-59)48(70)43(68)35-62/h30,32,40-45,47-57,62-64,66-68,70-74H,4-29,31,33-38H2,1-3H3,(H,60,65)(H,61,69)(H,75,76)/b32-30+/t40-,41+,42+,43+,44?,45?,47+,48+,49-,50?,51?,52?,53+,54+,55?,56+,57-,59-/m1/s1.